The zero-order valence-electron chi connectivity index (χ0n) is 11.3. The summed E-state index contributed by atoms with van der Waals surface area (Å²) in [4.78, 5) is 0. The molecule has 1 saturated carbocycles. The number of alkyl halides is 4. The van der Waals surface area contributed by atoms with Gasteiger partial charge in [0.2, 0.25) is 0 Å². The third kappa shape index (κ3) is 4.31. The Morgan fingerprint density at radius 1 is 1.14 bits per heavy atom. The van der Waals surface area contributed by atoms with Crippen LogP contribution in [0, 0.1) is 23.5 Å². The standard InChI is InChI=1S/C15H16ClF5/c16-12(6-9-4-5-13(17)14(18)7-9)10-2-1-3-11(8-10)15(19,20)21/h4-5,7,10-12H,1-3,6,8H2. The van der Waals surface area contributed by atoms with Gasteiger partial charge in [0, 0.05) is 5.38 Å². The molecule has 2 rings (SSSR count). The second kappa shape index (κ2) is 6.51. The summed E-state index contributed by atoms with van der Waals surface area (Å²) in [5.41, 5.74) is 0.503. The van der Waals surface area contributed by atoms with Crippen LogP contribution in [0.15, 0.2) is 18.2 Å². The van der Waals surface area contributed by atoms with Gasteiger partial charge in [-0.15, -0.1) is 11.6 Å². The van der Waals surface area contributed by atoms with E-state index >= 15 is 0 Å². The van der Waals surface area contributed by atoms with Crippen LogP contribution in [0.2, 0.25) is 0 Å². The average molecular weight is 327 g/mol. The Morgan fingerprint density at radius 2 is 1.86 bits per heavy atom. The van der Waals surface area contributed by atoms with Crippen molar-refractivity contribution in [3.05, 3.63) is 35.4 Å². The molecule has 0 N–H and O–H groups in total. The Kier molecular flexibility index (Phi) is 5.12. The summed E-state index contributed by atoms with van der Waals surface area (Å²) in [5.74, 6) is -3.46. The van der Waals surface area contributed by atoms with Gasteiger partial charge in [0.1, 0.15) is 0 Å². The van der Waals surface area contributed by atoms with Crippen LogP contribution < -0.4 is 0 Å². The van der Waals surface area contributed by atoms with Gasteiger partial charge in [-0.05, 0) is 49.3 Å². The third-order valence-electron chi connectivity index (χ3n) is 4.10. The lowest BCUT2D eigenvalue weighted by Crippen LogP contribution is -2.32. The summed E-state index contributed by atoms with van der Waals surface area (Å²) in [6, 6.07) is 3.47. The molecule has 3 unspecified atom stereocenters. The molecule has 1 aliphatic rings. The third-order valence-corrected chi connectivity index (χ3v) is 4.61. The van der Waals surface area contributed by atoms with E-state index in [4.69, 9.17) is 11.6 Å². The van der Waals surface area contributed by atoms with E-state index in [1.54, 1.807) is 0 Å². The lowest BCUT2D eigenvalue weighted by molar-refractivity contribution is -0.185. The first-order valence-electron chi connectivity index (χ1n) is 6.92. The van der Waals surface area contributed by atoms with Gasteiger partial charge in [0.15, 0.2) is 11.6 Å². The van der Waals surface area contributed by atoms with Crippen molar-refractivity contribution in [2.75, 3.05) is 0 Å². The Morgan fingerprint density at radius 3 is 2.48 bits per heavy atom. The summed E-state index contributed by atoms with van der Waals surface area (Å²) in [5, 5.41) is -0.500. The SMILES string of the molecule is Fc1ccc(CC(Cl)C2CCCC(C(F)(F)F)C2)cc1F. The largest absolute Gasteiger partial charge is 0.391 e. The molecular formula is C15H16ClF5. The molecule has 0 aromatic heterocycles. The number of benzene rings is 1. The molecule has 1 aromatic rings. The second-order valence-corrected chi connectivity index (χ2v) is 6.19. The van der Waals surface area contributed by atoms with Crippen LogP contribution in [0.3, 0.4) is 0 Å². The second-order valence-electron chi connectivity index (χ2n) is 5.63. The van der Waals surface area contributed by atoms with Gasteiger partial charge in [-0.1, -0.05) is 12.5 Å². The Bertz CT molecular complexity index is 485. The van der Waals surface area contributed by atoms with E-state index in [0.29, 0.717) is 18.4 Å². The minimum Gasteiger partial charge on any atom is -0.204 e. The van der Waals surface area contributed by atoms with Crippen molar-refractivity contribution in [3.63, 3.8) is 0 Å². The molecule has 6 heteroatoms. The minimum atomic E-state index is -4.18. The molecule has 21 heavy (non-hydrogen) atoms. The van der Waals surface area contributed by atoms with E-state index in [-0.39, 0.29) is 25.2 Å². The highest BCUT2D eigenvalue weighted by Gasteiger charge is 2.43. The zero-order valence-corrected chi connectivity index (χ0v) is 12.0. The van der Waals surface area contributed by atoms with Gasteiger partial charge < -0.3 is 0 Å². The number of rotatable bonds is 3. The summed E-state index contributed by atoms with van der Waals surface area (Å²) >= 11 is 6.22. The molecule has 0 spiro atoms. The predicted molar refractivity (Wildman–Crippen MR) is 71.2 cm³/mol. The lowest BCUT2D eigenvalue weighted by atomic mass is 9.78. The topological polar surface area (TPSA) is 0 Å². The van der Waals surface area contributed by atoms with Crippen molar-refractivity contribution >= 4 is 11.6 Å². The number of hydrogen-bond donors (Lipinski definition) is 0. The van der Waals surface area contributed by atoms with E-state index in [1.165, 1.54) is 6.07 Å². The van der Waals surface area contributed by atoms with Crippen LogP contribution in [0.1, 0.15) is 31.2 Å². The first-order valence-corrected chi connectivity index (χ1v) is 7.35. The fraction of sp³-hybridized carbons (Fsp3) is 0.600. The molecule has 0 bridgehead atoms. The van der Waals surface area contributed by atoms with Gasteiger partial charge in [0.25, 0.3) is 0 Å². The number of hydrogen-bond acceptors (Lipinski definition) is 0. The molecule has 3 atom stereocenters. The predicted octanol–water partition coefficient (Wildman–Crippen LogP) is 5.48. The first kappa shape index (κ1) is 16.5. The molecule has 1 aromatic carbocycles. The van der Waals surface area contributed by atoms with Crippen LogP contribution in [0.4, 0.5) is 22.0 Å². The van der Waals surface area contributed by atoms with Crippen LogP contribution in [0.5, 0.6) is 0 Å². The van der Waals surface area contributed by atoms with E-state index in [1.807, 2.05) is 0 Å². The van der Waals surface area contributed by atoms with E-state index in [0.717, 1.165) is 12.1 Å². The minimum absolute atomic E-state index is 0.0152. The highest BCUT2D eigenvalue weighted by molar-refractivity contribution is 6.20. The van der Waals surface area contributed by atoms with Crippen molar-refractivity contribution in [2.24, 2.45) is 11.8 Å². The van der Waals surface area contributed by atoms with Crippen molar-refractivity contribution in [1.82, 2.24) is 0 Å². The normalized spacial score (nSPS) is 24.9. The highest BCUT2D eigenvalue weighted by atomic mass is 35.5. The van der Waals surface area contributed by atoms with Crippen molar-refractivity contribution < 1.29 is 22.0 Å². The fourth-order valence-corrected chi connectivity index (χ4v) is 3.32. The van der Waals surface area contributed by atoms with Gasteiger partial charge in [-0.25, -0.2) is 8.78 Å². The fourth-order valence-electron chi connectivity index (χ4n) is 2.91. The van der Waals surface area contributed by atoms with Crippen molar-refractivity contribution in [1.29, 1.82) is 0 Å². The highest BCUT2D eigenvalue weighted by Crippen LogP contribution is 2.42. The van der Waals surface area contributed by atoms with Crippen LogP contribution in [-0.4, -0.2) is 11.6 Å². The van der Waals surface area contributed by atoms with Crippen molar-refractivity contribution in [2.45, 2.75) is 43.7 Å². The Labute approximate surface area is 125 Å². The van der Waals surface area contributed by atoms with E-state index in [9.17, 15) is 22.0 Å². The maximum Gasteiger partial charge on any atom is 0.391 e. The van der Waals surface area contributed by atoms with Crippen LogP contribution >= 0.6 is 11.6 Å². The molecule has 1 aliphatic carbocycles. The average Bonchev–Trinajstić information content (AvgIpc) is 2.42. The summed E-state index contributed by atoms with van der Waals surface area (Å²) in [6.07, 6.45) is -2.64. The number of halogens is 6. The van der Waals surface area contributed by atoms with E-state index < -0.39 is 29.1 Å². The van der Waals surface area contributed by atoms with Crippen LogP contribution in [-0.2, 0) is 6.42 Å². The van der Waals surface area contributed by atoms with Gasteiger partial charge in [-0.2, -0.15) is 13.2 Å². The molecule has 0 saturated heterocycles. The molecule has 0 radical (unpaired) electrons. The zero-order chi connectivity index (χ0) is 15.6. The monoisotopic (exact) mass is 326 g/mol. The molecule has 0 aliphatic heterocycles. The van der Waals surface area contributed by atoms with Gasteiger partial charge in [0.05, 0.1) is 5.92 Å². The molecule has 1 fully saturated rings. The summed E-state index contributed by atoms with van der Waals surface area (Å²) < 4.78 is 64.3. The van der Waals surface area contributed by atoms with Crippen LogP contribution in [0.25, 0.3) is 0 Å². The Balaban J connectivity index is 1.99. The summed E-state index contributed by atoms with van der Waals surface area (Å²) in [7, 11) is 0. The van der Waals surface area contributed by atoms with Gasteiger partial charge in [-0.3, -0.25) is 0 Å². The van der Waals surface area contributed by atoms with Crippen molar-refractivity contribution in [3.8, 4) is 0 Å². The molecule has 0 heterocycles. The Hall–Kier alpha value is -0.840. The van der Waals surface area contributed by atoms with E-state index in [2.05, 4.69) is 0 Å². The quantitative estimate of drug-likeness (QED) is 0.509. The molecular weight excluding hydrogens is 311 g/mol. The molecule has 0 nitrogen and oxygen atoms in total. The lowest BCUT2D eigenvalue weighted by Gasteiger charge is -2.33. The summed E-state index contributed by atoms with van der Waals surface area (Å²) in [6.45, 7) is 0. The first-order chi connectivity index (χ1) is 9.77. The maximum absolute atomic E-state index is 13.1. The molecule has 118 valence electrons. The maximum atomic E-state index is 13.1. The molecule has 0 amide bonds. The smallest absolute Gasteiger partial charge is 0.204 e. The van der Waals surface area contributed by atoms with Gasteiger partial charge >= 0.3 is 6.18 Å².